The average Bonchev–Trinajstić information content (AvgIpc) is 3.17. The van der Waals surface area contributed by atoms with Crippen LogP contribution in [0.4, 0.5) is 5.69 Å². The third-order valence-electron chi connectivity index (χ3n) is 7.57. The lowest BCUT2D eigenvalue weighted by atomic mass is 9.55. The fraction of sp³-hybridized carbons (Fsp3) is 0.214. The van der Waals surface area contributed by atoms with Crippen LogP contribution in [0.5, 0.6) is 0 Å². The van der Waals surface area contributed by atoms with Crippen molar-refractivity contribution in [2.45, 2.75) is 11.8 Å². The molecule has 0 aromatic heterocycles. The van der Waals surface area contributed by atoms with E-state index in [0.717, 1.165) is 33.2 Å². The molecule has 9 heteroatoms. The van der Waals surface area contributed by atoms with E-state index in [2.05, 4.69) is 0 Å². The summed E-state index contributed by atoms with van der Waals surface area (Å²) in [7, 11) is 0. The first kappa shape index (κ1) is 22.8. The Morgan fingerprint density at radius 2 is 1.32 bits per heavy atom. The third-order valence-corrected chi connectivity index (χ3v) is 7.57. The van der Waals surface area contributed by atoms with Crippen molar-refractivity contribution in [3.8, 4) is 0 Å². The molecule has 1 fully saturated rings. The Morgan fingerprint density at radius 1 is 0.811 bits per heavy atom. The number of nitro groups is 1. The zero-order valence-corrected chi connectivity index (χ0v) is 19.4. The molecule has 0 unspecified atom stereocenters. The summed E-state index contributed by atoms with van der Waals surface area (Å²) in [5, 5.41) is 10.9. The summed E-state index contributed by atoms with van der Waals surface area (Å²) in [4.78, 5) is 63.3. The lowest BCUT2D eigenvalue weighted by molar-refractivity contribution is -0.384. The van der Waals surface area contributed by atoms with Crippen LogP contribution in [0.1, 0.15) is 44.4 Å². The summed E-state index contributed by atoms with van der Waals surface area (Å²) in [5.74, 6) is -4.16. The maximum atomic E-state index is 13.5. The fourth-order valence-corrected chi connectivity index (χ4v) is 6.09. The number of ketones is 1. The van der Waals surface area contributed by atoms with Crippen molar-refractivity contribution < 1.29 is 28.8 Å². The van der Waals surface area contributed by atoms with Gasteiger partial charge in [-0.15, -0.1) is 0 Å². The van der Waals surface area contributed by atoms with E-state index in [9.17, 15) is 29.3 Å². The Kier molecular flexibility index (Phi) is 5.22. The summed E-state index contributed by atoms with van der Waals surface area (Å²) in [6.45, 7) is -1.26. The molecular weight excluding hydrogens is 476 g/mol. The Labute approximate surface area is 210 Å². The molecule has 2 atom stereocenters. The minimum absolute atomic E-state index is 0.0217. The van der Waals surface area contributed by atoms with Gasteiger partial charge in [-0.25, -0.2) is 0 Å². The van der Waals surface area contributed by atoms with E-state index in [1.807, 2.05) is 48.5 Å². The first-order valence-corrected chi connectivity index (χ1v) is 11.8. The van der Waals surface area contributed by atoms with Gasteiger partial charge in [0.25, 0.3) is 5.69 Å². The van der Waals surface area contributed by atoms with Crippen molar-refractivity contribution >= 4 is 29.3 Å². The van der Waals surface area contributed by atoms with Crippen LogP contribution in [0.2, 0.25) is 0 Å². The third kappa shape index (κ3) is 3.46. The van der Waals surface area contributed by atoms with Crippen molar-refractivity contribution in [3.63, 3.8) is 0 Å². The van der Waals surface area contributed by atoms with E-state index in [1.165, 1.54) is 18.2 Å². The topological polar surface area (TPSA) is 124 Å². The minimum atomic E-state index is -0.901. The molecule has 1 saturated heterocycles. The molecule has 0 spiro atoms. The SMILES string of the molecule is O=C(CN1C(=O)[C@H]2C3c4ccccc4C(c4ccccc43)[C@@H]2C1=O)OCC(=O)c1cccc([N+](=O)[O-])c1. The number of benzene rings is 3. The van der Waals surface area contributed by atoms with E-state index in [-0.39, 0.29) is 23.1 Å². The van der Waals surface area contributed by atoms with Crippen LogP contribution in [0, 0.1) is 22.0 Å². The number of hydrogen-bond donors (Lipinski definition) is 0. The number of carbonyl (C=O) groups excluding carboxylic acids is 4. The number of carbonyl (C=O) groups is 4. The quantitative estimate of drug-likeness (QED) is 0.169. The minimum Gasteiger partial charge on any atom is -0.456 e. The zero-order valence-electron chi connectivity index (χ0n) is 19.4. The monoisotopic (exact) mass is 496 g/mol. The standard InChI is InChI=1S/C28H20N2O7/c31-21(15-6-5-7-16(12-15)30(35)36)14-37-22(32)13-29-27(33)25-23-17-8-1-2-9-18(17)24(26(25)28(29)34)20-11-4-3-10-19(20)23/h1-12,23-26H,13-14H2/t23?,24?,25-,26-/m0/s1. The van der Waals surface area contributed by atoms with Crippen molar-refractivity contribution in [2.24, 2.45) is 11.8 Å². The Hall–Kier alpha value is -4.66. The molecule has 0 saturated carbocycles. The van der Waals surface area contributed by atoms with Crippen molar-refractivity contribution in [2.75, 3.05) is 13.2 Å². The van der Waals surface area contributed by atoms with Crippen LogP contribution in [0.15, 0.2) is 72.8 Å². The van der Waals surface area contributed by atoms with Crippen LogP contribution < -0.4 is 0 Å². The molecule has 184 valence electrons. The lowest BCUT2D eigenvalue weighted by Gasteiger charge is -2.45. The molecule has 3 aromatic carbocycles. The highest BCUT2D eigenvalue weighted by molar-refractivity contribution is 6.09. The predicted octanol–water partition coefficient (Wildman–Crippen LogP) is 3.21. The van der Waals surface area contributed by atoms with Gasteiger partial charge in [0.15, 0.2) is 6.61 Å². The fourth-order valence-electron chi connectivity index (χ4n) is 6.09. The number of ether oxygens (including phenoxy) is 1. The summed E-state index contributed by atoms with van der Waals surface area (Å²) in [5.41, 5.74) is 3.88. The van der Waals surface area contributed by atoms with E-state index >= 15 is 0 Å². The number of amides is 2. The van der Waals surface area contributed by atoms with Gasteiger partial charge in [-0.1, -0.05) is 60.7 Å². The number of likely N-dealkylation sites (tertiary alicyclic amines) is 1. The molecule has 0 radical (unpaired) electrons. The summed E-state index contributed by atoms with van der Waals surface area (Å²) in [6.07, 6.45) is 0. The Bertz CT molecular complexity index is 1400. The Morgan fingerprint density at radius 3 is 1.81 bits per heavy atom. The van der Waals surface area contributed by atoms with Crippen molar-refractivity contribution in [1.29, 1.82) is 0 Å². The smallest absolute Gasteiger partial charge is 0.326 e. The molecule has 4 aliphatic rings. The largest absolute Gasteiger partial charge is 0.456 e. The van der Waals surface area contributed by atoms with Gasteiger partial charge in [-0.05, 0) is 22.3 Å². The molecule has 3 aliphatic carbocycles. The number of nitro benzene ring substituents is 1. The molecule has 7 rings (SSSR count). The summed E-state index contributed by atoms with van der Waals surface area (Å²) < 4.78 is 5.06. The number of hydrogen-bond acceptors (Lipinski definition) is 7. The van der Waals surface area contributed by atoms with Gasteiger partial charge in [0.1, 0.15) is 6.54 Å². The van der Waals surface area contributed by atoms with Crippen molar-refractivity contribution in [3.05, 3.63) is 111 Å². The van der Waals surface area contributed by atoms with Crippen LogP contribution in [-0.4, -0.2) is 46.5 Å². The average molecular weight is 496 g/mol. The number of non-ortho nitro benzene ring substituents is 1. The molecule has 1 heterocycles. The van der Waals surface area contributed by atoms with Gasteiger partial charge in [-0.3, -0.25) is 34.2 Å². The van der Waals surface area contributed by atoms with Gasteiger partial charge < -0.3 is 4.74 Å². The van der Waals surface area contributed by atoms with E-state index in [1.54, 1.807) is 0 Å². The second-order valence-electron chi connectivity index (χ2n) is 9.42. The maximum Gasteiger partial charge on any atom is 0.326 e. The number of imide groups is 1. The van der Waals surface area contributed by atoms with Crippen LogP contribution >= 0.6 is 0 Å². The molecular formula is C28H20N2O7. The molecule has 2 amide bonds. The van der Waals surface area contributed by atoms with Crippen LogP contribution in [0.25, 0.3) is 0 Å². The first-order valence-electron chi connectivity index (χ1n) is 11.8. The summed E-state index contributed by atoms with van der Waals surface area (Å²) in [6, 6.07) is 20.8. The van der Waals surface area contributed by atoms with Crippen LogP contribution in [0.3, 0.4) is 0 Å². The molecule has 2 bridgehead atoms. The second-order valence-corrected chi connectivity index (χ2v) is 9.42. The highest BCUT2D eigenvalue weighted by Crippen LogP contribution is 2.60. The van der Waals surface area contributed by atoms with Gasteiger partial charge in [0.2, 0.25) is 17.6 Å². The van der Waals surface area contributed by atoms with Gasteiger partial charge >= 0.3 is 5.97 Å². The maximum absolute atomic E-state index is 13.5. The predicted molar refractivity (Wildman–Crippen MR) is 129 cm³/mol. The van der Waals surface area contributed by atoms with Gasteiger partial charge in [0.05, 0.1) is 16.8 Å². The highest BCUT2D eigenvalue weighted by atomic mass is 16.6. The lowest BCUT2D eigenvalue weighted by Crippen LogP contribution is -2.41. The van der Waals surface area contributed by atoms with E-state index in [0.29, 0.717) is 0 Å². The molecule has 0 N–H and O–H groups in total. The number of nitrogens with zero attached hydrogens (tertiary/aromatic N) is 2. The normalized spacial score (nSPS) is 22.8. The summed E-state index contributed by atoms with van der Waals surface area (Å²) >= 11 is 0. The zero-order chi connectivity index (χ0) is 25.8. The molecule has 1 aliphatic heterocycles. The second kappa shape index (κ2) is 8.48. The first-order chi connectivity index (χ1) is 17.9. The number of esters is 1. The van der Waals surface area contributed by atoms with Gasteiger partial charge in [0, 0.05) is 29.5 Å². The highest BCUT2D eigenvalue weighted by Gasteiger charge is 2.61. The number of Topliss-reactive ketones (excluding diaryl/α,β-unsaturated/α-hetero) is 1. The van der Waals surface area contributed by atoms with E-state index < -0.39 is 53.5 Å². The van der Waals surface area contributed by atoms with Gasteiger partial charge in [-0.2, -0.15) is 0 Å². The number of rotatable bonds is 6. The Balaban J connectivity index is 1.21. The molecule has 37 heavy (non-hydrogen) atoms. The van der Waals surface area contributed by atoms with E-state index in [4.69, 9.17) is 4.74 Å². The molecule has 9 nitrogen and oxygen atoms in total. The van der Waals surface area contributed by atoms with Crippen LogP contribution in [-0.2, 0) is 19.1 Å². The van der Waals surface area contributed by atoms with Crippen molar-refractivity contribution in [1.82, 2.24) is 4.90 Å². The molecule has 3 aromatic rings.